The van der Waals surface area contributed by atoms with Gasteiger partial charge < -0.3 is 13.6 Å². The van der Waals surface area contributed by atoms with Crippen LogP contribution in [0.2, 0.25) is 0 Å². The van der Waals surface area contributed by atoms with Gasteiger partial charge in [-0.25, -0.2) is 0 Å². The summed E-state index contributed by atoms with van der Waals surface area (Å²) in [4.78, 5) is 0. The van der Waals surface area contributed by atoms with E-state index in [0.717, 1.165) is 33.3 Å². The van der Waals surface area contributed by atoms with Crippen LogP contribution in [0.1, 0.15) is 0 Å². The molecule has 10 rings (SSSR count). The molecule has 3 heteroatoms. The number of para-hydroxylation sites is 3. The Hall–Kier alpha value is -6.06. The van der Waals surface area contributed by atoms with Gasteiger partial charge in [-0.3, -0.25) is 0 Å². The monoisotopic (exact) mass is 574 g/mol. The van der Waals surface area contributed by atoms with Crippen LogP contribution in [0.15, 0.2) is 162 Å². The summed E-state index contributed by atoms with van der Waals surface area (Å²) in [5.74, 6) is 0. The molecule has 45 heavy (non-hydrogen) atoms. The Morgan fingerprint density at radius 1 is 0.356 bits per heavy atom. The number of benzene rings is 7. The predicted octanol–water partition coefficient (Wildman–Crippen LogP) is 11.4. The Kier molecular flexibility index (Phi) is 5.00. The van der Waals surface area contributed by atoms with E-state index in [9.17, 15) is 0 Å². The molecule has 0 aliphatic heterocycles. The van der Waals surface area contributed by atoms with Gasteiger partial charge in [-0.05, 0) is 71.8 Å². The molecule has 0 spiro atoms. The molecule has 0 unspecified atom stereocenters. The van der Waals surface area contributed by atoms with Crippen molar-refractivity contribution in [2.24, 2.45) is 0 Å². The second kappa shape index (κ2) is 9.22. The Labute approximate surface area is 258 Å². The minimum atomic E-state index is 0.904. The van der Waals surface area contributed by atoms with Gasteiger partial charge in [0.15, 0.2) is 0 Å². The zero-order valence-corrected chi connectivity index (χ0v) is 24.3. The summed E-state index contributed by atoms with van der Waals surface area (Å²) >= 11 is 0. The van der Waals surface area contributed by atoms with Gasteiger partial charge >= 0.3 is 0 Å². The first-order valence-corrected chi connectivity index (χ1v) is 15.4. The molecule has 0 atom stereocenters. The van der Waals surface area contributed by atoms with Crippen molar-refractivity contribution in [1.29, 1.82) is 0 Å². The van der Waals surface area contributed by atoms with Crippen LogP contribution in [0.5, 0.6) is 0 Å². The van der Waals surface area contributed by atoms with Crippen molar-refractivity contribution in [2.45, 2.75) is 0 Å². The fourth-order valence-electron chi connectivity index (χ4n) is 7.35. The molecule has 0 saturated heterocycles. The molecule has 0 saturated carbocycles. The van der Waals surface area contributed by atoms with Crippen LogP contribution in [0.25, 0.3) is 88.1 Å². The van der Waals surface area contributed by atoms with Crippen LogP contribution in [-0.2, 0) is 0 Å². The van der Waals surface area contributed by atoms with E-state index >= 15 is 0 Å². The summed E-state index contributed by atoms with van der Waals surface area (Å²) in [5.41, 5.74) is 11.2. The molecule has 3 aromatic heterocycles. The van der Waals surface area contributed by atoms with Gasteiger partial charge in [0.2, 0.25) is 0 Å². The zero-order valence-electron chi connectivity index (χ0n) is 24.3. The lowest BCUT2D eigenvalue weighted by Gasteiger charge is -2.12. The van der Waals surface area contributed by atoms with Crippen molar-refractivity contribution in [2.75, 3.05) is 0 Å². The Bertz CT molecular complexity index is 2740. The highest BCUT2D eigenvalue weighted by atomic mass is 16.3. The average Bonchev–Trinajstić information content (AvgIpc) is 3.75. The highest BCUT2D eigenvalue weighted by Crippen LogP contribution is 2.43. The lowest BCUT2D eigenvalue weighted by atomic mass is 10.1. The summed E-state index contributed by atoms with van der Waals surface area (Å²) in [6, 6.07) is 56.5. The number of rotatable bonds is 3. The van der Waals surface area contributed by atoms with Crippen molar-refractivity contribution >= 4 is 65.6 Å². The molecule has 7 aromatic carbocycles. The van der Waals surface area contributed by atoms with E-state index in [0.29, 0.717) is 0 Å². The largest absolute Gasteiger partial charge is 0.456 e. The number of fused-ring (bicyclic) bond motifs is 10. The maximum Gasteiger partial charge on any atom is 0.137 e. The van der Waals surface area contributed by atoms with Crippen LogP contribution in [0.3, 0.4) is 0 Å². The Morgan fingerprint density at radius 3 is 1.89 bits per heavy atom. The van der Waals surface area contributed by atoms with Gasteiger partial charge in [-0.15, -0.1) is 0 Å². The molecular formula is C42H26N2O. The second-order valence-corrected chi connectivity index (χ2v) is 11.8. The summed E-state index contributed by atoms with van der Waals surface area (Å²) in [6.07, 6.45) is 0. The third-order valence-corrected chi connectivity index (χ3v) is 9.29. The van der Waals surface area contributed by atoms with Crippen molar-refractivity contribution < 1.29 is 4.42 Å². The quantitative estimate of drug-likeness (QED) is 0.206. The topological polar surface area (TPSA) is 23.0 Å². The van der Waals surface area contributed by atoms with E-state index in [1.54, 1.807) is 0 Å². The van der Waals surface area contributed by atoms with Crippen LogP contribution in [0.4, 0.5) is 0 Å². The Balaban J connectivity index is 1.37. The standard InChI is InChI=1S/C42H26N2O/c1-3-12-27(13-4-1)28-14-11-17-30(24-28)43-36-20-9-7-18-31(36)34-25-35-32-22-23-40-41(33-19-8-10-21-39(33)45-40)42(32)44(38(35)26-37(34)43)29-15-5-2-6-16-29/h1-26H. The average molecular weight is 575 g/mol. The van der Waals surface area contributed by atoms with Crippen LogP contribution < -0.4 is 0 Å². The van der Waals surface area contributed by atoms with Crippen molar-refractivity contribution in [3.8, 4) is 22.5 Å². The SMILES string of the molecule is c1ccc(-c2cccc(-n3c4ccccc4c4cc5c6ccc7oc8ccccc8c7c6n(-c6ccccc6)c5cc43)c2)cc1. The fraction of sp³-hybridized carbons (Fsp3) is 0. The van der Waals surface area contributed by atoms with Crippen molar-refractivity contribution in [1.82, 2.24) is 9.13 Å². The molecule has 10 aromatic rings. The number of hydrogen-bond donors (Lipinski definition) is 0. The lowest BCUT2D eigenvalue weighted by Crippen LogP contribution is -1.96. The summed E-state index contributed by atoms with van der Waals surface area (Å²) in [5, 5.41) is 7.22. The van der Waals surface area contributed by atoms with Crippen molar-refractivity contribution in [3.05, 3.63) is 158 Å². The zero-order chi connectivity index (χ0) is 29.5. The molecule has 0 radical (unpaired) electrons. The maximum atomic E-state index is 6.37. The van der Waals surface area contributed by atoms with Gasteiger partial charge in [0, 0.05) is 38.3 Å². The highest BCUT2D eigenvalue weighted by molar-refractivity contribution is 6.27. The molecule has 0 bridgehead atoms. The predicted molar refractivity (Wildman–Crippen MR) is 188 cm³/mol. The van der Waals surface area contributed by atoms with Gasteiger partial charge in [-0.1, -0.05) is 97.1 Å². The van der Waals surface area contributed by atoms with E-state index < -0.39 is 0 Å². The third-order valence-electron chi connectivity index (χ3n) is 9.29. The first kappa shape index (κ1) is 24.4. The van der Waals surface area contributed by atoms with Gasteiger partial charge in [-0.2, -0.15) is 0 Å². The van der Waals surface area contributed by atoms with E-state index in [4.69, 9.17) is 4.42 Å². The smallest absolute Gasteiger partial charge is 0.137 e. The van der Waals surface area contributed by atoms with Gasteiger partial charge in [0.1, 0.15) is 11.2 Å². The third kappa shape index (κ3) is 3.46. The second-order valence-electron chi connectivity index (χ2n) is 11.8. The molecule has 0 aliphatic rings. The van der Waals surface area contributed by atoms with Gasteiger partial charge in [0.05, 0.1) is 27.5 Å². The van der Waals surface area contributed by atoms with E-state index in [-0.39, 0.29) is 0 Å². The summed E-state index contributed by atoms with van der Waals surface area (Å²) < 4.78 is 11.2. The lowest BCUT2D eigenvalue weighted by molar-refractivity contribution is 0.669. The summed E-state index contributed by atoms with van der Waals surface area (Å²) in [7, 11) is 0. The molecule has 210 valence electrons. The minimum absolute atomic E-state index is 0.904. The first-order chi connectivity index (χ1) is 22.3. The number of hydrogen-bond acceptors (Lipinski definition) is 1. The molecule has 0 aliphatic carbocycles. The normalized spacial score (nSPS) is 12.0. The number of nitrogens with zero attached hydrogens (tertiary/aromatic N) is 2. The molecule has 0 N–H and O–H groups in total. The minimum Gasteiger partial charge on any atom is -0.456 e. The van der Waals surface area contributed by atoms with Crippen LogP contribution in [-0.4, -0.2) is 9.13 Å². The molecular weight excluding hydrogens is 548 g/mol. The van der Waals surface area contributed by atoms with Crippen molar-refractivity contribution in [3.63, 3.8) is 0 Å². The van der Waals surface area contributed by atoms with Crippen LogP contribution >= 0.6 is 0 Å². The Morgan fingerprint density at radius 2 is 1.02 bits per heavy atom. The highest BCUT2D eigenvalue weighted by Gasteiger charge is 2.22. The molecule has 0 fully saturated rings. The molecule has 0 amide bonds. The summed E-state index contributed by atoms with van der Waals surface area (Å²) in [6.45, 7) is 0. The van der Waals surface area contributed by atoms with E-state index in [1.165, 1.54) is 54.7 Å². The number of aromatic nitrogens is 2. The van der Waals surface area contributed by atoms with Gasteiger partial charge in [0.25, 0.3) is 0 Å². The first-order valence-electron chi connectivity index (χ1n) is 15.4. The number of furan rings is 1. The van der Waals surface area contributed by atoms with E-state index in [1.807, 2.05) is 6.07 Å². The molecule has 3 nitrogen and oxygen atoms in total. The van der Waals surface area contributed by atoms with Crippen LogP contribution in [0, 0.1) is 0 Å². The molecule has 3 heterocycles. The maximum absolute atomic E-state index is 6.37. The van der Waals surface area contributed by atoms with E-state index in [2.05, 4.69) is 161 Å². The fourth-order valence-corrected chi connectivity index (χ4v) is 7.35.